The number of benzene rings is 2. The molecule has 0 radical (unpaired) electrons. The smallest absolute Gasteiger partial charge is 0.290 e. The number of aliphatic hydroxyl groups is 1. The summed E-state index contributed by atoms with van der Waals surface area (Å²) in [5, 5.41) is 10.9. The highest BCUT2D eigenvalue weighted by atomic mass is 16.5. The molecule has 2 aromatic carbocycles. The van der Waals surface area contributed by atoms with Crippen LogP contribution < -0.4 is 9.47 Å². The highest BCUT2D eigenvalue weighted by Crippen LogP contribution is 2.41. The van der Waals surface area contributed by atoms with Crippen molar-refractivity contribution in [2.24, 2.45) is 0 Å². The van der Waals surface area contributed by atoms with Crippen molar-refractivity contribution in [3.05, 3.63) is 77.1 Å². The molecule has 0 bridgehead atoms. The quantitative estimate of drug-likeness (QED) is 0.355. The van der Waals surface area contributed by atoms with Gasteiger partial charge in [0.15, 0.2) is 23.0 Å². The molecule has 2 aromatic rings. The van der Waals surface area contributed by atoms with Gasteiger partial charge in [-0.05, 0) is 69.2 Å². The molecule has 0 spiro atoms. The summed E-state index contributed by atoms with van der Waals surface area (Å²) in [6.07, 6.45) is 3.82. The molecule has 1 N–H and O–H groups in total. The van der Waals surface area contributed by atoms with Gasteiger partial charge in [0.1, 0.15) is 0 Å². The molecule has 3 rings (SSSR count). The largest absolute Gasteiger partial charge is 0.503 e. The monoisotopic (exact) mass is 506 g/mol. The summed E-state index contributed by atoms with van der Waals surface area (Å²) in [6, 6.07) is 14.1. The molecule has 7 nitrogen and oxygen atoms in total. The number of aliphatic hydroxyl groups excluding tert-OH is 1. The third kappa shape index (κ3) is 6.80. The second-order valence-electron chi connectivity index (χ2n) is 8.72. The van der Waals surface area contributed by atoms with Crippen molar-refractivity contribution < 1.29 is 24.2 Å². The van der Waals surface area contributed by atoms with Crippen LogP contribution in [0.3, 0.4) is 0 Å². The molecule has 1 unspecified atom stereocenters. The molecule has 198 valence electrons. The molecule has 0 aliphatic carbocycles. The molecule has 1 heterocycles. The fourth-order valence-electron chi connectivity index (χ4n) is 4.55. The fraction of sp³-hybridized carbons (Fsp3) is 0.400. The first-order chi connectivity index (χ1) is 17.9. The topological polar surface area (TPSA) is 79.3 Å². The molecule has 37 heavy (non-hydrogen) atoms. The number of rotatable bonds is 14. The van der Waals surface area contributed by atoms with Crippen molar-refractivity contribution in [3.8, 4) is 11.5 Å². The number of nitrogens with zero attached hydrogens (tertiary/aromatic N) is 2. The summed E-state index contributed by atoms with van der Waals surface area (Å²) in [5.41, 5.74) is 1.61. The van der Waals surface area contributed by atoms with Crippen LogP contribution in [0.5, 0.6) is 11.5 Å². The molecular formula is C30H38N2O5. The minimum Gasteiger partial charge on any atom is -0.503 e. The van der Waals surface area contributed by atoms with E-state index >= 15 is 0 Å². The SMILES string of the molecule is CCOc1ccc(C2C(C(=O)/C=C/c3ccccc3)=C(O)C(=O)N2CCCN(CC)CC)cc1OCC. The van der Waals surface area contributed by atoms with Crippen LogP contribution in [0.25, 0.3) is 6.08 Å². The van der Waals surface area contributed by atoms with Crippen molar-refractivity contribution in [2.45, 2.75) is 40.2 Å². The normalized spacial score (nSPS) is 15.8. The number of carbonyl (C=O) groups is 2. The molecule has 7 heteroatoms. The van der Waals surface area contributed by atoms with Crippen molar-refractivity contribution >= 4 is 17.8 Å². The van der Waals surface area contributed by atoms with Crippen LogP contribution >= 0.6 is 0 Å². The number of amides is 1. The Hall–Kier alpha value is -3.58. The number of hydrogen-bond acceptors (Lipinski definition) is 6. The maximum Gasteiger partial charge on any atom is 0.290 e. The second-order valence-corrected chi connectivity index (χ2v) is 8.72. The zero-order valence-corrected chi connectivity index (χ0v) is 22.3. The average Bonchev–Trinajstić information content (AvgIpc) is 3.16. The van der Waals surface area contributed by atoms with E-state index in [2.05, 4.69) is 18.7 Å². The summed E-state index contributed by atoms with van der Waals surface area (Å²) >= 11 is 0. The van der Waals surface area contributed by atoms with Crippen molar-refractivity contribution in [2.75, 3.05) is 39.4 Å². The standard InChI is InChI=1S/C30H38N2O5/c1-5-31(6-2)19-12-20-32-28(23-16-18-25(36-7-3)26(21-23)37-8-4)27(29(34)30(32)35)24(33)17-15-22-13-10-9-11-14-22/h9-11,13-18,21,28,34H,5-8,12,19-20H2,1-4H3/b17-15+. The van der Waals surface area contributed by atoms with Crippen LogP contribution in [0.15, 0.2) is 65.9 Å². The van der Waals surface area contributed by atoms with E-state index in [0.29, 0.717) is 43.2 Å². The maximum atomic E-state index is 13.4. The Balaban J connectivity index is 1.99. The Morgan fingerprint density at radius 1 is 1.00 bits per heavy atom. The predicted octanol–water partition coefficient (Wildman–Crippen LogP) is 5.19. The highest BCUT2D eigenvalue weighted by Gasteiger charge is 2.42. The average molecular weight is 507 g/mol. The van der Waals surface area contributed by atoms with E-state index in [0.717, 1.165) is 25.2 Å². The zero-order chi connectivity index (χ0) is 26.8. The molecule has 1 atom stereocenters. The van der Waals surface area contributed by atoms with Crippen LogP contribution in [0.4, 0.5) is 0 Å². The van der Waals surface area contributed by atoms with Gasteiger partial charge in [-0.25, -0.2) is 0 Å². The second kappa shape index (κ2) is 13.7. The lowest BCUT2D eigenvalue weighted by Gasteiger charge is -2.28. The van der Waals surface area contributed by atoms with Gasteiger partial charge in [0.2, 0.25) is 0 Å². The zero-order valence-electron chi connectivity index (χ0n) is 22.3. The van der Waals surface area contributed by atoms with Gasteiger partial charge in [-0.3, -0.25) is 9.59 Å². The predicted molar refractivity (Wildman–Crippen MR) is 146 cm³/mol. The van der Waals surface area contributed by atoms with E-state index in [-0.39, 0.29) is 5.57 Å². The van der Waals surface area contributed by atoms with Crippen LogP contribution in [0.1, 0.15) is 51.3 Å². The summed E-state index contributed by atoms with van der Waals surface area (Å²) in [5.74, 6) is -0.306. The van der Waals surface area contributed by atoms with Crippen LogP contribution in [-0.2, 0) is 9.59 Å². The van der Waals surface area contributed by atoms with E-state index in [9.17, 15) is 14.7 Å². The molecular weight excluding hydrogens is 468 g/mol. The van der Waals surface area contributed by atoms with Gasteiger partial charge in [0, 0.05) is 6.54 Å². The van der Waals surface area contributed by atoms with E-state index < -0.39 is 23.5 Å². The first-order valence-electron chi connectivity index (χ1n) is 13.1. The van der Waals surface area contributed by atoms with Gasteiger partial charge >= 0.3 is 0 Å². The van der Waals surface area contributed by atoms with E-state index in [1.165, 1.54) is 6.08 Å². The fourth-order valence-corrected chi connectivity index (χ4v) is 4.55. The van der Waals surface area contributed by atoms with Gasteiger partial charge in [-0.2, -0.15) is 0 Å². The van der Waals surface area contributed by atoms with Gasteiger partial charge in [0.25, 0.3) is 5.91 Å². The van der Waals surface area contributed by atoms with E-state index in [1.807, 2.05) is 50.2 Å². The highest BCUT2D eigenvalue weighted by molar-refractivity contribution is 6.14. The summed E-state index contributed by atoms with van der Waals surface area (Å²) in [7, 11) is 0. The summed E-state index contributed by atoms with van der Waals surface area (Å²) in [4.78, 5) is 30.5. The number of ketones is 1. The lowest BCUT2D eigenvalue weighted by atomic mass is 9.95. The lowest BCUT2D eigenvalue weighted by Crippen LogP contribution is -2.34. The molecule has 0 aromatic heterocycles. The lowest BCUT2D eigenvalue weighted by molar-refractivity contribution is -0.129. The van der Waals surface area contributed by atoms with Crippen LogP contribution in [0.2, 0.25) is 0 Å². The summed E-state index contributed by atoms with van der Waals surface area (Å²) < 4.78 is 11.5. The molecule has 1 aliphatic rings. The number of carbonyl (C=O) groups excluding carboxylic acids is 2. The van der Waals surface area contributed by atoms with Gasteiger partial charge < -0.3 is 24.4 Å². The van der Waals surface area contributed by atoms with Crippen molar-refractivity contribution in [1.29, 1.82) is 0 Å². The molecule has 0 fully saturated rings. The van der Waals surface area contributed by atoms with Crippen molar-refractivity contribution in [3.63, 3.8) is 0 Å². The molecule has 0 saturated carbocycles. The summed E-state index contributed by atoms with van der Waals surface area (Å²) in [6.45, 7) is 12.0. The number of hydrogen-bond donors (Lipinski definition) is 1. The molecule has 1 amide bonds. The van der Waals surface area contributed by atoms with E-state index in [1.54, 1.807) is 23.1 Å². The Morgan fingerprint density at radius 3 is 2.32 bits per heavy atom. The van der Waals surface area contributed by atoms with E-state index in [4.69, 9.17) is 9.47 Å². The Kier molecular flexibility index (Phi) is 10.3. The Bertz CT molecular complexity index is 1120. The molecule has 0 saturated heterocycles. The number of allylic oxidation sites excluding steroid dienone is 1. The Morgan fingerprint density at radius 2 is 1.68 bits per heavy atom. The molecule has 1 aliphatic heterocycles. The van der Waals surface area contributed by atoms with Crippen LogP contribution in [-0.4, -0.2) is 66.0 Å². The van der Waals surface area contributed by atoms with Gasteiger partial charge in [-0.15, -0.1) is 0 Å². The van der Waals surface area contributed by atoms with Crippen molar-refractivity contribution in [1.82, 2.24) is 9.80 Å². The first-order valence-corrected chi connectivity index (χ1v) is 13.1. The number of ether oxygens (including phenoxy) is 2. The van der Waals surface area contributed by atoms with Gasteiger partial charge in [-0.1, -0.05) is 56.3 Å². The maximum absolute atomic E-state index is 13.4. The van der Waals surface area contributed by atoms with Crippen LogP contribution in [0, 0.1) is 0 Å². The van der Waals surface area contributed by atoms with Gasteiger partial charge in [0.05, 0.1) is 24.8 Å². The third-order valence-corrected chi connectivity index (χ3v) is 6.45. The first kappa shape index (κ1) is 28.0. The minimum atomic E-state index is -0.730. The minimum absolute atomic E-state index is 0.0756. The Labute approximate surface area is 220 Å². The third-order valence-electron chi connectivity index (χ3n) is 6.45.